The van der Waals surface area contributed by atoms with Gasteiger partial charge in [0.25, 0.3) is 0 Å². The molecule has 0 amide bonds. The van der Waals surface area contributed by atoms with Gasteiger partial charge in [0.2, 0.25) is 0 Å². The van der Waals surface area contributed by atoms with Gasteiger partial charge in [-0.3, -0.25) is 4.79 Å². The topological polar surface area (TPSA) is 66.0 Å². The molecule has 1 heterocycles. The summed E-state index contributed by atoms with van der Waals surface area (Å²) in [6.45, 7) is 1.71. The van der Waals surface area contributed by atoms with E-state index in [1.54, 1.807) is 19.4 Å². The average molecular weight is 230 g/mol. The Balaban J connectivity index is 2.32. The molecule has 0 fully saturated rings. The number of hydrogen-bond donors (Lipinski definition) is 2. The maximum absolute atomic E-state index is 10.9. The monoisotopic (exact) mass is 230 g/mol. The van der Waals surface area contributed by atoms with Crippen LogP contribution in [0.4, 0.5) is 0 Å². The van der Waals surface area contributed by atoms with Crippen molar-refractivity contribution < 1.29 is 9.90 Å². The number of aliphatic carboxylic acids is 1. The van der Waals surface area contributed by atoms with Gasteiger partial charge in [-0.2, -0.15) is 0 Å². The zero-order valence-electron chi connectivity index (χ0n) is 9.55. The fourth-order valence-electron chi connectivity index (χ4n) is 1.78. The van der Waals surface area contributed by atoms with Crippen LogP contribution in [-0.4, -0.2) is 21.0 Å². The zero-order valence-corrected chi connectivity index (χ0v) is 9.55. The lowest BCUT2D eigenvalue weighted by Gasteiger charge is -2.10. The van der Waals surface area contributed by atoms with E-state index in [0.29, 0.717) is 6.42 Å². The predicted molar refractivity (Wildman–Crippen MR) is 64.5 cm³/mol. The third-order valence-electron chi connectivity index (χ3n) is 2.75. The van der Waals surface area contributed by atoms with Crippen LogP contribution in [0.3, 0.4) is 0 Å². The summed E-state index contributed by atoms with van der Waals surface area (Å²) in [7, 11) is 0. The first kappa shape index (κ1) is 11.4. The summed E-state index contributed by atoms with van der Waals surface area (Å²) in [6.07, 6.45) is 3.88. The number of hydrogen-bond acceptors (Lipinski definition) is 2. The fraction of sp³-hybridized carbons (Fsp3) is 0.231. The van der Waals surface area contributed by atoms with E-state index in [9.17, 15) is 4.79 Å². The first-order valence-corrected chi connectivity index (χ1v) is 5.48. The lowest BCUT2D eigenvalue weighted by Crippen LogP contribution is -2.12. The third-order valence-corrected chi connectivity index (χ3v) is 2.75. The first-order chi connectivity index (χ1) is 8.18. The van der Waals surface area contributed by atoms with Crippen LogP contribution >= 0.6 is 0 Å². The number of carboxylic acids is 1. The van der Waals surface area contributed by atoms with Crippen molar-refractivity contribution in [3.8, 4) is 11.3 Å². The molecule has 2 aromatic rings. The molecule has 0 saturated heterocycles. The van der Waals surface area contributed by atoms with E-state index < -0.39 is 5.97 Å². The molecule has 4 nitrogen and oxygen atoms in total. The highest BCUT2D eigenvalue weighted by atomic mass is 16.4. The number of H-pyrrole nitrogens is 1. The maximum atomic E-state index is 10.9. The number of benzene rings is 1. The second-order valence-electron chi connectivity index (χ2n) is 4.07. The van der Waals surface area contributed by atoms with Gasteiger partial charge >= 0.3 is 5.97 Å². The summed E-state index contributed by atoms with van der Waals surface area (Å²) < 4.78 is 0. The Labute approximate surface area is 99.3 Å². The smallest absolute Gasteiger partial charge is 0.306 e. The Morgan fingerprint density at radius 2 is 2.24 bits per heavy atom. The minimum atomic E-state index is -0.774. The van der Waals surface area contributed by atoms with Crippen LogP contribution in [0.25, 0.3) is 11.3 Å². The summed E-state index contributed by atoms with van der Waals surface area (Å²) in [5.74, 6) is -1.16. The van der Waals surface area contributed by atoms with Gasteiger partial charge in [0.05, 0.1) is 24.1 Å². The van der Waals surface area contributed by atoms with Crippen LogP contribution in [-0.2, 0) is 11.2 Å². The molecular weight excluding hydrogens is 216 g/mol. The number of aromatic nitrogens is 2. The molecule has 4 heteroatoms. The van der Waals surface area contributed by atoms with Crippen LogP contribution in [0.5, 0.6) is 0 Å². The van der Waals surface area contributed by atoms with E-state index in [1.807, 2.05) is 24.3 Å². The quantitative estimate of drug-likeness (QED) is 0.847. The minimum absolute atomic E-state index is 0.390. The van der Waals surface area contributed by atoms with E-state index >= 15 is 0 Å². The van der Waals surface area contributed by atoms with E-state index in [0.717, 1.165) is 16.8 Å². The van der Waals surface area contributed by atoms with Crippen molar-refractivity contribution in [3.05, 3.63) is 42.4 Å². The Morgan fingerprint density at radius 1 is 1.47 bits per heavy atom. The molecule has 0 spiro atoms. The van der Waals surface area contributed by atoms with E-state index in [-0.39, 0.29) is 5.92 Å². The van der Waals surface area contributed by atoms with Gasteiger partial charge < -0.3 is 10.1 Å². The molecule has 1 atom stereocenters. The molecule has 0 bridgehead atoms. The molecule has 1 unspecified atom stereocenters. The number of carbonyl (C=O) groups is 1. The van der Waals surface area contributed by atoms with Gasteiger partial charge in [-0.1, -0.05) is 31.2 Å². The summed E-state index contributed by atoms with van der Waals surface area (Å²) in [5, 5.41) is 8.94. The van der Waals surface area contributed by atoms with E-state index in [1.165, 1.54) is 0 Å². The normalized spacial score (nSPS) is 12.3. The SMILES string of the molecule is CC(Cc1ccccc1-c1cnc[nH]1)C(=O)O. The molecule has 0 saturated carbocycles. The molecule has 2 rings (SSSR count). The highest BCUT2D eigenvalue weighted by molar-refractivity contribution is 5.71. The van der Waals surface area contributed by atoms with Crippen LogP contribution in [0.2, 0.25) is 0 Å². The van der Waals surface area contributed by atoms with Crippen molar-refractivity contribution in [2.24, 2.45) is 5.92 Å². The number of nitrogens with one attached hydrogen (secondary N) is 1. The summed E-state index contributed by atoms with van der Waals surface area (Å²) in [4.78, 5) is 17.9. The molecular formula is C13H14N2O2. The molecule has 0 aliphatic heterocycles. The molecule has 0 radical (unpaired) electrons. The van der Waals surface area contributed by atoms with Crippen molar-refractivity contribution in [1.29, 1.82) is 0 Å². The molecule has 1 aromatic heterocycles. The number of imidazole rings is 1. The van der Waals surface area contributed by atoms with Crippen LogP contribution in [0, 0.1) is 5.92 Å². The highest BCUT2D eigenvalue weighted by Gasteiger charge is 2.14. The number of rotatable bonds is 4. The third kappa shape index (κ3) is 2.53. The predicted octanol–water partition coefficient (Wildman–Crippen LogP) is 2.34. The lowest BCUT2D eigenvalue weighted by molar-refractivity contribution is -0.141. The van der Waals surface area contributed by atoms with Gasteiger partial charge in [0, 0.05) is 5.56 Å². The minimum Gasteiger partial charge on any atom is -0.481 e. The van der Waals surface area contributed by atoms with E-state index in [2.05, 4.69) is 9.97 Å². The van der Waals surface area contributed by atoms with Crippen LogP contribution in [0.15, 0.2) is 36.8 Å². The summed E-state index contributed by atoms with van der Waals surface area (Å²) in [6, 6.07) is 7.78. The Kier molecular flexibility index (Phi) is 3.23. The second kappa shape index (κ2) is 4.82. The van der Waals surface area contributed by atoms with Gasteiger partial charge in [-0.05, 0) is 12.0 Å². The molecule has 1 aromatic carbocycles. The standard InChI is InChI=1S/C13H14N2O2/c1-9(13(16)17)6-10-4-2-3-5-11(10)12-7-14-8-15-12/h2-5,7-9H,6H2,1H3,(H,14,15)(H,16,17). The Bertz CT molecular complexity index is 506. The molecule has 0 aliphatic rings. The highest BCUT2D eigenvalue weighted by Crippen LogP contribution is 2.23. The second-order valence-corrected chi connectivity index (χ2v) is 4.07. The van der Waals surface area contributed by atoms with Crippen molar-refractivity contribution >= 4 is 5.97 Å². The zero-order chi connectivity index (χ0) is 12.3. The van der Waals surface area contributed by atoms with E-state index in [4.69, 9.17) is 5.11 Å². The molecule has 2 N–H and O–H groups in total. The van der Waals surface area contributed by atoms with Gasteiger partial charge in [0.1, 0.15) is 0 Å². The van der Waals surface area contributed by atoms with Crippen LogP contribution in [0.1, 0.15) is 12.5 Å². The van der Waals surface area contributed by atoms with Crippen molar-refractivity contribution in [2.45, 2.75) is 13.3 Å². The largest absolute Gasteiger partial charge is 0.481 e. The van der Waals surface area contributed by atoms with Crippen LogP contribution < -0.4 is 0 Å². The summed E-state index contributed by atoms with van der Waals surface area (Å²) in [5.41, 5.74) is 2.95. The van der Waals surface area contributed by atoms with Gasteiger partial charge in [-0.25, -0.2) is 4.98 Å². The van der Waals surface area contributed by atoms with Gasteiger partial charge in [-0.15, -0.1) is 0 Å². The molecule has 88 valence electrons. The number of nitrogens with zero attached hydrogens (tertiary/aromatic N) is 1. The van der Waals surface area contributed by atoms with Crippen molar-refractivity contribution in [3.63, 3.8) is 0 Å². The van der Waals surface area contributed by atoms with Crippen molar-refractivity contribution in [2.75, 3.05) is 0 Å². The summed E-state index contributed by atoms with van der Waals surface area (Å²) >= 11 is 0. The Morgan fingerprint density at radius 3 is 2.88 bits per heavy atom. The first-order valence-electron chi connectivity index (χ1n) is 5.48. The lowest BCUT2D eigenvalue weighted by atomic mass is 9.96. The molecule has 17 heavy (non-hydrogen) atoms. The molecule has 0 aliphatic carbocycles. The maximum Gasteiger partial charge on any atom is 0.306 e. The van der Waals surface area contributed by atoms with Crippen molar-refractivity contribution in [1.82, 2.24) is 9.97 Å². The average Bonchev–Trinajstić information content (AvgIpc) is 2.83. The fourth-order valence-corrected chi connectivity index (χ4v) is 1.78. The van der Waals surface area contributed by atoms with Gasteiger partial charge in [0.15, 0.2) is 0 Å². The Hall–Kier alpha value is -2.10. The number of carboxylic acid groups (broad SMARTS) is 1. The number of aromatic amines is 1.